The van der Waals surface area contributed by atoms with Crippen molar-refractivity contribution in [2.75, 3.05) is 13.7 Å². The smallest absolute Gasteiger partial charge is 0.405 e. The van der Waals surface area contributed by atoms with Crippen molar-refractivity contribution in [1.82, 2.24) is 10.4 Å². The lowest BCUT2D eigenvalue weighted by molar-refractivity contribution is -0.190. The van der Waals surface area contributed by atoms with E-state index in [9.17, 15) is 18.0 Å². The second kappa shape index (κ2) is 7.01. The molecule has 1 fully saturated rings. The highest BCUT2D eigenvalue weighted by Crippen LogP contribution is 2.33. The number of alkyl halides is 3. The molecule has 7 heteroatoms. The molecule has 0 spiro atoms. The first-order valence-electron chi connectivity index (χ1n) is 7.91. The van der Waals surface area contributed by atoms with E-state index in [1.807, 2.05) is 18.2 Å². The fourth-order valence-electron chi connectivity index (χ4n) is 2.83. The number of rotatable bonds is 6. The van der Waals surface area contributed by atoms with Crippen LogP contribution in [0.4, 0.5) is 13.2 Å². The first kappa shape index (κ1) is 18.6. The van der Waals surface area contributed by atoms with E-state index in [0.29, 0.717) is 18.6 Å². The van der Waals surface area contributed by atoms with Gasteiger partial charge in [0.25, 0.3) is 0 Å². The van der Waals surface area contributed by atoms with Crippen molar-refractivity contribution >= 4 is 5.91 Å². The molecule has 1 saturated heterocycles. The molecule has 24 heavy (non-hydrogen) atoms. The summed E-state index contributed by atoms with van der Waals surface area (Å²) in [5, 5.41) is 1.04. The Morgan fingerprint density at radius 2 is 2.08 bits per heavy atom. The molecule has 0 aliphatic carbocycles. The topological polar surface area (TPSA) is 41.6 Å². The van der Waals surface area contributed by atoms with Gasteiger partial charge in [-0.1, -0.05) is 12.1 Å². The van der Waals surface area contributed by atoms with Gasteiger partial charge in [0, 0.05) is 6.54 Å². The Morgan fingerprint density at radius 3 is 2.62 bits per heavy atom. The molecule has 0 radical (unpaired) electrons. The van der Waals surface area contributed by atoms with E-state index >= 15 is 0 Å². The number of nitrogens with one attached hydrogen (secondary N) is 1. The number of nitrogens with zero attached hydrogens (tertiary/aromatic N) is 1. The van der Waals surface area contributed by atoms with Gasteiger partial charge < -0.3 is 4.74 Å². The lowest BCUT2D eigenvalue weighted by atomic mass is 9.94. The van der Waals surface area contributed by atoms with E-state index < -0.39 is 17.6 Å². The highest BCUT2D eigenvalue weighted by molar-refractivity contribution is 5.83. The van der Waals surface area contributed by atoms with Gasteiger partial charge in [0.1, 0.15) is 11.8 Å². The van der Waals surface area contributed by atoms with Gasteiger partial charge in [-0.25, -0.2) is 5.01 Å². The van der Waals surface area contributed by atoms with Gasteiger partial charge >= 0.3 is 6.18 Å². The average Bonchev–Trinajstić information content (AvgIpc) is 2.75. The van der Waals surface area contributed by atoms with Crippen LogP contribution in [-0.4, -0.2) is 36.8 Å². The molecule has 4 nitrogen and oxygen atoms in total. The fourth-order valence-corrected chi connectivity index (χ4v) is 2.83. The quantitative estimate of drug-likeness (QED) is 0.861. The molecule has 0 bridgehead atoms. The van der Waals surface area contributed by atoms with Crippen LogP contribution >= 0.6 is 0 Å². The number of methoxy groups -OCH3 is 1. The summed E-state index contributed by atoms with van der Waals surface area (Å²) in [6, 6.07) is 5.63. The largest absolute Gasteiger partial charge is 0.497 e. The standard InChI is InChI=1S/C17H23F3N2O2/c1-16(2)11-22(21-15(16)23)14(17(18,19)20)9-5-7-12-6-4-8-13(10-12)24-3/h4,6,8,10,14H,5,7,9,11H2,1-3H3,(H,21,23). The molecule has 1 aromatic carbocycles. The Bertz CT molecular complexity index is 587. The molecule has 0 aromatic heterocycles. The molecule has 1 atom stereocenters. The lowest BCUT2D eigenvalue weighted by Crippen LogP contribution is -2.50. The third-order valence-corrected chi connectivity index (χ3v) is 4.26. The first-order chi connectivity index (χ1) is 11.1. The van der Waals surface area contributed by atoms with Crippen LogP contribution in [-0.2, 0) is 11.2 Å². The normalized spacial score (nSPS) is 19.2. The molecular weight excluding hydrogens is 321 g/mol. The average molecular weight is 344 g/mol. The molecule has 1 unspecified atom stereocenters. The number of hydrogen-bond donors (Lipinski definition) is 1. The minimum atomic E-state index is -4.39. The van der Waals surface area contributed by atoms with Gasteiger partial charge in [0.05, 0.1) is 12.5 Å². The SMILES string of the molecule is COc1cccc(CCCC(N2CC(C)(C)C(=O)N2)C(F)(F)F)c1. The maximum atomic E-state index is 13.4. The van der Waals surface area contributed by atoms with E-state index in [1.54, 1.807) is 27.0 Å². The number of ether oxygens (including phenoxy) is 1. The zero-order chi connectivity index (χ0) is 18.0. The Kier molecular flexibility index (Phi) is 5.42. The second-order valence-corrected chi connectivity index (χ2v) is 6.75. The van der Waals surface area contributed by atoms with Gasteiger partial charge in [-0.3, -0.25) is 10.2 Å². The summed E-state index contributed by atoms with van der Waals surface area (Å²) in [5.41, 5.74) is 2.49. The highest BCUT2D eigenvalue weighted by atomic mass is 19.4. The van der Waals surface area contributed by atoms with Crippen molar-refractivity contribution in [1.29, 1.82) is 0 Å². The van der Waals surface area contributed by atoms with Crippen LogP contribution in [0.25, 0.3) is 0 Å². The van der Waals surface area contributed by atoms with Crippen LogP contribution in [0.1, 0.15) is 32.3 Å². The van der Waals surface area contributed by atoms with Crippen molar-refractivity contribution in [3.8, 4) is 5.75 Å². The number of carbonyl (C=O) groups excluding carboxylic acids is 1. The molecule has 134 valence electrons. The molecule has 1 aromatic rings. The van der Waals surface area contributed by atoms with Crippen LogP contribution in [0, 0.1) is 5.41 Å². The minimum absolute atomic E-state index is 0.0508. The number of benzene rings is 1. The van der Waals surface area contributed by atoms with Gasteiger partial charge in [0.2, 0.25) is 5.91 Å². The van der Waals surface area contributed by atoms with Crippen LogP contribution in [0.5, 0.6) is 5.75 Å². The molecule has 2 rings (SSSR count). The second-order valence-electron chi connectivity index (χ2n) is 6.75. The van der Waals surface area contributed by atoms with E-state index in [0.717, 1.165) is 10.6 Å². The number of halogens is 3. The lowest BCUT2D eigenvalue weighted by Gasteiger charge is -2.29. The first-order valence-corrected chi connectivity index (χ1v) is 7.91. The van der Waals surface area contributed by atoms with Crippen LogP contribution in [0.3, 0.4) is 0 Å². The van der Waals surface area contributed by atoms with Crippen molar-refractivity contribution in [3.05, 3.63) is 29.8 Å². The summed E-state index contributed by atoms with van der Waals surface area (Å²) in [4.78, 5) is 11.8. The number of hydrogen-bond acceptors (Lipinski definition) is 3. The zero-order valence-corrected chi connectivity index (χ0v) is 14.1. The summed E-state index contributed by atoms with van der Waals surface area (Å²) < 4.78 is 45.3. The molecule has 1 aliphatic heterocycles. The maximum absolute atomic E-state index is 13.4. The molecule has 0 saturated carbocycles. The van der Waals surface area contributed by atoms with Crippen molar-refractivity contribution in [3.63, 3.8) is 0 Å². The van der Waals surface area contributed by atoms with E-state index in [2.05, 4.69) is 5.43 Å². The van der Waals surface area contributed by atoms with E-state index in [-0.39, 0.29) is 18.9 Å². The van der Waals surface area contributed by atoms with Crippen molar-refractivity contribution in [2.24, 2.45) is 5.41 Å². The third kappa shape index (κ3) is 4.41. The summed E-state index contributed by atoms with van der Waals surface area (Å²) in [6.07, 6.45) is -3.57. The number of hydrazine groups is 1. The fraction of sp³-hybridized carbons (Fsp3) is 0.588. The van der Waals surface area contributed by atoms with Crippen LogP contribution in [0.2, 0.25) is 0 Å². The highest BCUT2D eigenvalue weighted by Gasteiger charge is 2.49. The Labute approximate surface area is 139 Å². The zero-order valence-electron chi connectivity index (χ0n) is 14.1. The summed E-state index contributed by atoms with van der Waals surface area (Å²) in [6.45, 7) is 3.34. The minimum Gasteiger partial charge on any atom is -0.497 e. The Hall–Kier alpha value is -1.76. The molecule has 1 N–H and O–H groups in total. The van der Waals surface area contributed by atoms with Crippen molar-refractivity contribution in [2.45, 2.75) is 45.3 Å². The van der Waals surface area contributed by atoms with E-state index in [4.69, 9.17) is 4.74 Å². The van der Waals surface area contributed by atoms with Gasteiger partial charge in [0.15, 0.2) is 0 Å². The van der Waals surface area contributed by atoms with E-state index in [1.165, 1.54) is 0 Å². The van der Waals surface area contributed by atoms with Gasteiger partial charge in [-0.15, -0.1) is 0 Å². The summed E-state index contributed by atoms with van der Waals surface area (Å²) in [7, 11) is 1.55. The predicted octanol–water partition coefficient (Wildman–Crippen LogP) is 3.32. The number of carbonyl (C=O) groups is 1. The summed E-state index contributed by atoms with van der Waals surface area (Å²) >= 11 is 0. The molecule has 1 amide bonds. The predicted molar refractivity (Wildman–Crippen MR) is 84.4 cm³/mol. The van der Waals surface area contributed by atoms with Crippen molar-refractivity contribution < 1.29 is 22.7 Å². The Morgan fingerprint density at radius 1 is 1.38 bits per heavy atom. The van der Waals surface area contributed by atoms with Gasteiger partial charge in [-0.05, 0) is 50.8 Å². The monoisotopic (exact) mass is 344 g/mol. The molecular formula is C17H23F3N2O2. The number of amides is 1. The number of aryl methyl sites for hydroxylation is 1. The molecule has 1 aliphatic rings. The summed E-state index contributed by atoms with van der Waals surface area (Å²) in [5.74, 6) is 0.318. The Balaban J connectivity index is 1.99. The third-order valence-electron chi connectivity index (χ3n) is 4.26. The maximum Gasteiger partial charge on any atom is 0.405 e. The molecule has 1 heterocycles. The van der Waals surface area contributed by atoms with Gasteiger partial charge in [-0.2, -0.15) is 13.2 Å². The van der Waals surface area contributed by atoms with Crippen LogP contribution in [0.15, 0.2) is 24.3 Å². The van der Waals surface area contributed by atoms with Crippen LogP contribution < -0.4 is 10.2 Å².